The fourth-order valence-electron chi connectivity index (χ4n) is 1.71. The van der Waals surface area contributed by atoms with E-state index in [4.69, 9.17) is 5.11 Å². The van der Waals surface area contributed by atoms with Crippen molar-refractivity contribution in [2.75, 3.05) is 6.54 Å². The number of nitrogens with one attached hydrogen (secondary N) is 1. The molecule has 1 heterocycles. The van der Waals surface area contributed by atoms with Gasteiger partial charge in [-0.25, -0.2) is 0 Å². The first-order valence-electron chi connectivity index (χ1n) is 5.46. The molecule has 0 aliphatic carbocycles. The van der Waals surface area contributed by atoms with Crippen LogP contribution in [0.3, 0.4) is 0 Å². The van der Waals surface area contributed by atoms with Gasteiger partial charge in [0.2, 0.25) is 0 Å². The Labute approximate surface area is 95.5 Å². The Bertz CT molecular complexity index is 360. The molecule has 0 fully saturated rings. The van der Waals surface area contributed by atoms with Gasteiger partial charge in [-0.15, -0.1) is 0 Å². The van der Waals surface area contributed by atoms with Crippen molar-refractivity contribution in [2.45, 2.75) is 32.7 Å². The largest absolute Gasteiger partial charge is 0.481 e. The second kappa shape index (κ2) is 5.65. The highest BCUT2D eigenvalue weighted by molar-refractivity contribution is 5.66. The van der Waals surface area contributed by atoms with Gasteiger partial charge in [0.05, 0.1) is 5.69 Å². The summed E-state index contributed by atoms with van der Waals surface area (Å²) in [7, 11) is 1.90. The van der Waals surface area contributed by atoms with Crippen LogP contribution in [0.1, 0.15) is 37.1 Å². The topological polar surface area (TPSA) is 67.2 Å². The highest BCUT2D eigenvalue weighted by atomic mass is 16.4. The Balaban J connectivity index is 2.38. The van der Waals surface area contributed by atoms with Gasteiger partial charge in [-0.1, -0.05) is 0 Å². The summed E-state index contributed by atoms with van der Waals surface area (Å²) in [6.07, 6.45) is 2.86. The number of aryl methyl sites for hydroxylation is 2. The highest BCUT2D eigenvalue weighted by Gasteiger charge is 2.10. The number of carboxylic acids is 1. The summed E-state index contributed by atoms with van der Waals surface area (Å²) in [6, 6.07) is 0.211. The Morgan fingerprint density at radius 3 is 2.88 bits per heavy atom. The van der Waals surface area contributed by atoms with Crippen LogP contribution in [0.5, 0.6) is 0 Å². The van der Waals surface area contributed by atoms with Crippen LogP contribution in [-0.2, 0) is 11.8 Å². The molecule has 16 heavy (non-hydrogen) atoms. The van der Waals surface area contributed by atoms with Crippen molar-refractivity contribution in [3.63, 3.8) is 0 Å². The molecule has 5 nitrogen and oxygen atoms in total. The molecule has 0 saturated heterocycles. The molecule has 0 radical (unpaired) electrons. The van der Waals surface area contributed by atoms with Crippen LogP contribution < -0.4 is 5.32 Å². The van der Waals surface area contributed by atoms with Crippen molar-refractivity contribution in [1.29, 1.82) is 0 Å². The fourth-order valence-corrected chi connectivity index (χ4v) is 1.71. The van der Waals surface area contributed by atoms with Crippen LogP contribution in [0, 0.1) is 6.92 Å². The molecule has 0 bridgehead atoms. The van der Waals surface area contributed by atoms with Crippen molar-refractivity contribution in [3.05, 3.63) is 17.5 Å². The predicted octanol–water partition coefficient (Wildman–Crippen LogP) is 1.24. The van der Waals surface area contributed by atoms with E-state index in [9.17, 15) is 4.79 Å². The first-order valence-corrected chi connectivity index (χ1v) is 5.46. The molecule has 0 aliphatic heterocycles. The third-order valence-electron chi connectivity index (χ3n) is 2.54. The first-order chi connectivity index (χ1) is 7.50. The molecular weight excluding hydrogens is 206 g/mol. The SMILES string of the molecule is Cc1nn(C)cc1C(C)NCCCC(=O)O. The molecular formula is C11H19N3O2. The maximum Gasteiger partial charge on any atom is 0.303 e. The van der Waals surface area contributed by atoms with E-state index < -0.39 is 5.97 Å². The summed E-state index contributed by atoms with van der Waals surface area (Å²) in [5.41, 5.74) is 2.18. The standard InChI is InChI=1S/C11H19N3O2/c1-8(12-6-4-5-11(15)16)10-7-14(3)13-9(10)2/h7-8,12H,4-6H2,1-3H3,(H,15,16). The van der Waals surface area contributed by atoms with E-state index in [0.29, 0.717) is 13.0 Å². The number of aliphatic carboxylic acids is 1. The number of hydrogen-bond donors (Lipinski definition) is 2. The molecule has 1 rings (SSSR count). The minimum Gasteiger partial charge on any atom is -0.481 e. The van der Waals surface area contributed by atoms with E-state index in [1.54, 1.807) is 4.68 Å². The van der Waals surface area contributed by atoms with Crippen LogP contribution in [0.25, 0.3) is 0 Å². The third kappa shape index (κ3) is 3.66. The summed E-state index contributed by atoms with van der Waals surface area (Å²) in [5.74, 6) is -0.744. The van der Waals surface area contributed by atoms with E-state index >= 15 is 0 Å². The zero-order valence-electron chi connectivity index (χ0n) is 10.0. The van der Waals surface area contributed by atoms with Gasteiger partial charge >= 0.3 is 5.97 Å². The maximum atomic E-state index is 10.3. The lowest BCUT2D eigenvalue weighted by atomic mass is 10.1. The lowest BCUT2D eigenvalue weighted by molar-refractivity contribution is -0.137. The Morgan fingerprint density at radius 1 is 1.69 bits per heavy atom. The second-order valence-electron chi connectivity index (χ2n) is 4.02. The van der Waals surface area contributed by atoms with Gasteiger partial charge in [-0.2, -0.15) is 5.10 Å². The molecule has 1 atom stereocenters. The van der Waals surface area contributed by atoms with Crippen LogP contribution >= 0.6 is 0 Å². The molecule has 0 amide bonds. The molecule has 2 N–H and O–H groups in total. The number of carbonyl (C=O) groups is 1. The number of hydrogen-bond acceptors (Lipinski definition) is 3. The maximum absolute atomic E-state index is 10.3. The molecule has 0 aliphatic rings. The van der Waals surface area contributed by atoms with E-state index in [-0.39, 0.29) is 12.5 Å². The Morgan fingerprint density at radius 2 is 2.38 bits per heavy atom. The van der Waals surface area contributed by atoms with E-state index in [1.807, 2.05) is 20.2 Å². The smallest absolute Gasteiger partial charge is 0.303 e. The summed E-state index contributed by atoms with van der Waals surface area (Å²) in [5, 5.41) is 16.1. The average molecular weight is 225 g/mol. The summed E-state index contributed by atoms with van der Waals surface area (Å²) >= 11 is 0. The van der Waals surface area contributed by atoms with Gasteiger partial charge in [-0.3, -0.25) is 9.48 Å². The monoisotopic (exact) mass is 225 g/mol. The zero-order valence-corrected chi connectivity index (χ0v) is 10.0. The number of aromatic nitrogens is 2. The summed E-state index contributed by atoms with van der Waals surface area (Å²) < 4.78 is 1.79. The van der Waals surface area contributed by atoms with Crippen LogP contribution in [-0.4, -0.2) is 27.4 Å². The van der Waals surface area contributed by atoms with Crippen molar-refractivity contribution in [1.82, 2.24) is 15.1 Å². The van der Waals surface area contributed by atoms with Gasteiger partial charge in [0, 0.05) is 31.3 Å². The average Bonchev–Trinajstić information content (AvgIpc) is 2.52. The molecule has 0 spiro atoms. The third-order valence-corrected chi connectivity index (χ3v) is 2.54. The normalized spacial score (nSPS) is 12.7. The van der Waals surface area contributed by atoms with Crippen molar-refractivity contribution in [2.24, 2.45) is 7.05 Å². The van der Waals surface area contributed by atoms with Crippen molar-refractivity contribution < 1.29 is 9.90 Å². The fraction of sp³-hybridized carbons (Fsp3) is 0.636. The molecule has 1 unspecified atom stereocenters. The highest BCUT2D eigenvalue weighted by Crippen LogP contribution is 2.15. The van der Waals surface area contributed by atoms with E-state index in [0.717, 1.165) is 11.3 Å². The van der Waals surface area contributed by atoms with Crippen LogP contribution in [0.4, 0.5) is 0 Å². The summed E-state index contributed by atoms with van der Waals surface area (Å²) in [4.78, 5) is 10.3. The molecule has 90 valence electrons. The van der Waals surface area contributed by atoms with E-state index in [2.05, 4.69) is 17.3 Å². The van der Waals surface area contributed by atoms with Crippen LogP contribution in [0.15, 0.2) is 6.20 Å². The van der Waals surface area contributed by atoms with Gasteiger partial charge in [0.1, 0.15) is 0 Å². The Hall–Kier alpha value is -1.36. The zero-order chi connectivity index (χ0) is 12.1. The van der Waals surface area contributed by atoms with Gasteiger partial charge in [-0.05, 0) is 26.8 Å². The van der Waals surface area contributed by atoms with Gasteiger partial charge < -0.3 is 10.4 Å². The Kier molecular flexibility index (Phi) is 4.49. The van der Waals surface area contributed by atoms with Crippen molar-refractivity contribution in [3.8, 4) is 0 Å². The molecule has 0 aromatic carbocycles. The number of nitrogens with zero attached hydrogens (tertiary/aromatic N) is 2. The lowest BCUT2D eigenvalue weighted by Crippen LogP contribution is -2.20. The second-order valence-corrected chi connectivity index (χ2v) is 4.02. The molecule has 1 aromatic rings. The van der Waals surface area contributed by atoms with Crippen molar-refractivity contribution >= 4 is 5.97 Å². The summed E-state index contributed by atoms with van der Waals surface area (Å²) in [6.45, 7) is 4.75. The van der Waals surface area contributed by atoms with Gasteiger partial charge in [0.15, 0.2) is 0 Å². The molecule has 0 saturated carbocycles. The predicted molar refractivity (Wildman–Crippen MR) is 61.2 cm³/mol. The minimum absolute atomic E-state index is 0.211. The van der Waals surface area contributed by atoms with E-state index in [1.165, 1.54) is 0 Å². The van der Waals surface area contributed by atoms with Crippen LogP contribution in [0.2, 0.25) is 0 Å². The first kappa shape index (κ1) is 12.7. The number of carboxylic acid groups (broad SMARTS) is 1. The molecule has 1 aromatic heterocycles. The minimum atomic E-state index is -0.744. The lowest BCUT2D eigenvalue weighted by Gasteiger charge is -2.12. The quantitative estimate of drug-likeness (QED) is 0.715. The van der Waals surface area contributed by atoms with Gasteiger partial charge in [0.25, 0.3) is 0 Å². The molecule has 5 heteroatoms. The number of rotatable bonds is 6.